The lowest BCUT2D eigenvalue weighted by molar-refractivity contribution is 0.0831. The van der Waals surface area contributed by atoms with E-state index < -0.39 is 0 Å². The number of hydrogen-bond donors (Lipinski definition) is 1. The van der Waals surface area contributed by atoms with Crippen LogP contribution in [0.2, 0.25) is 0 Å². The quantitative estimate of drug-likeness (QED) is 0.876. The number of hydrogen-bond acceptors (Lipinski definition) is 4. The van der Waals surface area contributed by atoms with Gasteiger partial charge in [0, 0.05) is 31.2 Å². The molecule has 1 aromatic rings. The summed E-state index contributed by atoms with van der Waals surface area (Å²) in [4.78, 5) is 7.29. The Hall–Kier alpha value is -1.13. The van der Waals surface area contributed by atoms with Gasteiger partial charge >= 0.3 is 0 Å². The van der Waals surface area contributed by atoms with Crippen LogP contribution in [0.4, 0.5) is 0 Å². The van der Waals surface area contributed by atoms with E-state index in [4.69, 9.17) is 4.74 Å². The molecule has 1 saturated carbocycles. The number of nitrogens with one attached hydrogen (secondary N) is 1. The normalized spacial score (nSPS) is 27.6. The van der Waals surface area contributed by atoms with Crippen LogP contribution < -0.4 is 10.1 Å². The molecule has 22 heavy (non-hydrogen) atoms. The molecule has 3 atom stereocenters. The molecule has 2 fully saturated rings. The van der Waals surface area contributed by atoms with E-state index in [1.54, 1.807) is 0 Å². The van der Waals surface area contributed by atoms with Gasteiger partial charge in [0.15, 0.2) is 0 Å². The van der Waals surface area contributed by atoms with Crippen LogP contribution in [0.1, 0.15) is 58.2 Å². The maximum Gasteiger partial charge on any atom is 0.138 e. The highest BCUT2D eigenvalue weighted by Crippen LogP contribution is 2.29. The van der Waals surface area contributed by atoms with Gasteiger partial charge in [0.25, 0.3) is 0 Å². The molecule has 2 heterocycles. The molecule has 1 aromatic heterocycles. The summed E-state index contributed by atoms with van der Waals surface area (Å²) in [5.41, 5.74) is 1.15. The number of aromatic nitrogens is 1. The third-order valence-electron chi connectivity index (χ3n) is 5.02. The van der Waals surface area contributed by atoms with Crippen LogP contribution in [0.25, 0.3) is 0 Å². The topological polar surface area (TPSA) is 37.4 Å². The van der Waals surface area contributed by atoms with E-state index in [-0.39, 0.29) is 0 Å². The van der Waals surface area contributed by atoms with Crippen molar-refractivity contribution < 1.29 is 4.74 Å². The van der Waals surface area contributed by atoms with Gasteiger partial charge < -0.3 is 10.1 Å². The Labute approximate surface area is 134 Å². The monoisotopic (exact) mass is 303 g/mol. The molecule has 0 radical (unpaired) electrons. The van der Waals surface area contributed by atoms with Crippen LogP contribution in [0.5, 0.6) is 5.75 Å². The van der Waals surface area contributed by atoms with Gasteiger partial charge in [0.2, 0.25) is 0 Å². The third-order valence-corrected chi connectivity index (χ3v) is 5.02. The smallest absolute Gasteiger partial charge is 0.138 e. The summed E-state index contributed by atoms with van der Waals surface area (Å²) in [6.07, 6.45) is 7.07. The summed E-state index contributed by atoms with van der Waals surface area (Å²) in [5, 5.41) is 3.66. The first kappa shape index (κ1) is 15.8. The van der Waals surface area contributed by atoms with Crippen molar-refractivity contribution in [3.05, 3.63) is 24.0 Å². The van der Waals surface area contributed by atoms with E-state index in [0.717, 1.165) is 24.5 Å². The fourth-order valence-corrected chi connectivity index (χ4v) is 3.27. The highest BCUT2D eigenvalue weighted by atomic mass is 16.5. The Morgan fingerprint density at radius 1 is 1.32 bits per heavy atom. The van der Waals surface area contributed by atoms with E-state index >= 15 is 0 Å². The SMILES string of the molecule is CC[C@H]1CN(C(C)c2ccc(OC3CC3)cn2)[C@H](CC)CN1. The van der Waals surface area contributed by atoms with E-state index in [9.17, 15) is 0 Å². The van der Waals surface area contributed by atoms with Crippen molar-refractivity contribution in [1.29, 1.82) is 0 Å². The first-order valence-electron chi connectivity index (χ1n) is 8.83. The van der Waals surface area contributed by atoms with Crippen LogP contribution in [0.15, 0.2) is 18.3 Å². The van der Waals surface area contributed by atoms with Gasteiger partial charge in [-0.2, -0.15) is 0 Å². The van der Waals surface area contributed by atoms with Gasteiger partial charge in [-0.25, -0.2) is 0 Å². The lowest BCUT2D eigenvalue weighted by Gasteiger charge is -2.43. The minimum atomic E-state index is 0.357. The van der Waals surface area contributed by atoms with Crippen molar-refractivity contribution in [1.82, 2.24) is 15.2 Å². The molecule has 0 amide bonds. The molecule has 1 N–H and O–H groups in total. The summed E-state index contributed by atoms with van der Waals surface area (Å²) < 4.78 is 5.80. The zero-order valence-corrected chi connectivity index (χ0v) is 14.1. The van der Waals surface area contributed by atoms with Crippen molar-refractivity contribution in [2.75, 3.05) is 13.1 Å². The number of piperazine rings is 1. The molecule has 1 unspecified atom stereocenters. The van der Waals surface area contributed by atoms with E-state index in [0.29, 0.717) is 24.2 Å². The summed E-state index contributed by atoms with van der Waals surface area (Å²) >= 11 is 0. The molecule has 4 heteroatoms. The Balaban J connectivity index is 1.68. The van der Waals surface area contributed by atoms with Crippen molar-refractivity contribution in [3.63, 3.8) is 0 Å². The Morgan fingerprint density at radius 3 is 2.73 bits per heavy atom. The van der Waals surface area contributed by atoms with Gasteiger partial charge in [-0.15, -0.1) is 0 Å². The fraction of sp³-hybridized carbons (Fsp3) is 0.722. The Kier molecular flexibility index (Phi) is 4.99. The van der Waals surface area contributed by atoms with Crippen molar-refractivity contribution in [2.24, 2.45) is 0 Å². The molecular weight excluding hydrogens is 274 g/mol. The second kappa shape index (κ2) is 6.97. The first-order valence-corrected chi connectivity index (χ1v) is 8.83. The maximum atomic E-state index is 5.80. The molecule has 0 spiro atoms. The highest BCUT2D eigenvalue weighted by molar-refractivity contribution is 5.22. The van der Waals surface area contributed by atoms with Gasteiger partial charge in [-0.3, -0.25) is 9.88 Å². The minimum Gasteiger partial charge on any atom is -0.489 e. The van der Waals surface area contributed by atoms with Crippen LogP contribution in [0, 0.1) is 0 Å². The summed E-state index contributed by atoms with van der Waals surface area (Å²) in [5.74, 6) is 0.914. The third kappa shape index (κ3) is 3.61. The highest BCUT2D eigenvalue weighted by Gasteiger charge is 2.30. The largest absolute Gasteiger partial charge is 0.489 e. The fourth-order valence-electron chi connectivity index (χ4n) is 3.27. The second-order valence-electron chi connectivity index (χ2n) is 6.68. The summed E-state index contributed by atoms with van der Waals surface area (Å²) in [6, 6.07) is 5.77. The Bertz CT molecular complexity index is 472. The van der Waals surface area contributed by atoms with Gasteiger partial charge in [0.1, 0.15) is 5.75 Å². The number of pyridine rings is 1. The van der Waals surface area contributed by atoms with Crippen molar-refractivity contribution >= 4 is 0 Å². The van der Waals surface area contributed by atoms with E-state index in [1.807, 2.05) is 6.20 Å². The molecule has 3 rings (SSSR count). The second-order valence-corrected chi connectivity index (χ2v) is 6.68. The lowest BCUT2D eigenvalue weighted by Crippen LogP contribution is -2.56. The molecule has 1 aliphatic carbocycles. The predicted molar refractivity (Wildman–Crippen MR) is 89.2 cm³/mol. The van der Waals surface area contributed by atoms with E-state index in [2.05, 4.69) is 48.1 Å². The van der Waals surface area contributed by atoms with Crippen LogP contribution >= 0.6 is 0 Å². The van der Waals surface area contributed by atoms with Gasteiger partial charge in [-0.05, 0) is 44.7 Å². The molecule has 0 aromatic carbocycles. The standard InChI is InChI=1S/C18H29N3O/c1-4-14-12-21(15(5-2)10-19-14)13(3)18-9-8-17(11-20-18)22-16-6-7-16/h8-9,11,13-16,19H,4-7,10,12H2,1-3H3/t13?,14-,15+/m0/s1. The molecule has 4 nitrogen and oxygen atoms in total. The first-order chi connectivity index (χ1) is 10.7. The molecule has 1 saturated heterocycles. The van der Waals surface area contributed by atoms with Gasteiger partial charge in [-0.1, -0.05) is 13.8 Å². The van der Waals surface area contributed by atoms with Crippen molar-refractivity contribution in [3.8, 4) is 5.75 Å². The Morgan fingerprint density at radius 2 is 2.14 bits per heavy atom. The average Bonchev–Trinajstić information content (AvgIpc) is 3.38. The molecule has 2 aliphatic rings. The number of rotatable bonds is 6. The van der Waals surface area contributed by atoms with Crippen LogP contribution in [-0.4, -0.2) is 41.2 Å². The number of nitrogens with zero attached hydrogens (tertiary/aromatic N) is 2. The van der Waals surface area contributed by atoms with E-state index in [1.165, 1.54) is 25.7 Å². The number of ether oxygens (including phenoxy) is 1. The minimum absolute atomic E-state index is 0.357. The zero-order valence-electron chi connectivity index (χ0n) is 14.1. The lowest BCUT2D eigenvalue weighted by atomic mass is 10.0. The zero-order chi connectivity index (χ0) is 15.5. The summed E-state index contributed by atoms with van der Waals surface area (Å²) in [7, 11) is 0. The molecule has 1 aliphatic heterocycles. The van der Waals surface area contributed by atoms with Crippen molar-refractivity contribution in [2.45, 2.75) is 70.7 Å². The van der Waals surface area contributed by atoms with Crippen LogP contribution in [-0.2, 0) is 0 Å². The molecular formula is C18H29N3O. The van der Waals surface area contributed by atoms with Crippen LogP contribution in [0.3, 0.4) is 0 Å². The summed E-state index contributed by atoms with van der Waals surface area (Å²) in [6.45, 7) is 9.01. The average molecular weight is 303 g/mol. The predicted octanol–water partition coefficient (Wildman–Crippen LogP) is 3.15. The maximum absolute atomic E-state index is 5.80. The van der Waals surface area contributed by atoms with Gasteiger partial charge in [0.05, 0.1) is 18.0 Å². The molecule has 122 valence electrons. The molecule has 0 bridgehead atoms.